The summed E-state index contributed by atoms with van der Waals surface area (Å²) in [6.07, 6.45) is 2.65. The first-order chi connectivity index (χ1) is 16.2. The summed E-state index contributed by atoms with van der Waals surface area (Å²) in [4.78, 5) is 18.1. The average Bonchev–Trinajstić information content (AvgIpc) is 2.84. The van der Waals surface area contributed by atoms with Gasteiger partial charge < -0.3 is 9.47 Å². The van der Waals surface area contributed by atoms with Crippen LogP contribution in [0.3, 0.4) is 0 Å². The third-order valence-electron chi connectivity index (χ3n) is 5.40. The maximum Gasteiger partial charge on any atom is 0.261 e. The first kappa shape index (κ1) is 22.9. The van der Waals surface area contributed by atoms with Crippen molar-refractivity contribution in [3.8, 4) is 22.9 Å². The minimum Gasteiger partial charge on any atom is -0.490 e. The van der Waals surface area contributed by atoms with Crippen LogP contribution in [0.5, 0.6) is 11.5 Å². The summed E-state index contributed by atoms with van der Waals surface area (Å²) >= 11 is 6.06. The predicted octanol–water partition coefficient (Wildman–Crippen LogP) is 6.36. The Bertz CT molecular complexity index is 1270. The highest BCUT2D eigenvalue weighted by Gasteiger charge is 2.12. The molecule has 170 valence electrons. The van der Waals surface area contributed by atoms with Crippen molar-refractivity contribution in [1.82, 2.24) is 9.55 Å². The van der Waals surface area contributed by atoms with Gasteiger partial charge in [-0.25, -0.2) is 4.98 Å². The third-order valence-corrected chi connectivity index (χ3v) is 5.65. The van der Waals surface area contributed by atoms with Crippen LogP contribution in [0.25, 0.3) is 22.3 Å². The summed E-state index contributed by atoms with van der Waals surface area (Å²) in [6.45, 7) is 3.74. The van der Waals surface area contributed by atoms with E-state index in [2.05, 4.69) is 0 Å². The monoisotopic (exact) mass is 462 g/mol. The van der Waals surface area contributed by atoms with Crippen LogP contribution in [0.1, 0.15) is 26.2 Å². The van der Waals surface area contributed by atoms with Gasteiger partial charge in [0.05, 0.1) is 24.1 Å². The molecule has 0 fully saturated rings. The van der Waals surface area contributed by atoms with Gasteiger partial charge in [-0.1, -0.05) is 35.9 Å². The summed E-state index contributed by atoms with van der Waals surface area (Å²) < 4.78 is 13.3. The fourth-order valence-corrected chi connectivity index (χ4v) is 3.90. The molecular formula is C27H27ClN2O3. The van der Waals surface area contributed by atoms with Gasteiger partial charge in [0.2, 0.25) is 0 Å². The smallest absolute Gasteiger partial charge is 0.261 e. The fraction of sp³-hybridized carbons (Fsp3) is 0.259. The standard InChI is InChI=1S/C27H27ClN2O3/c1-2-32-24-12-6-7-13-25(24)33-19-9-3-8-18-30-26(20-14-16-21(28)17-15-20)29-23-11-5-4-10-22(23)27(30)31/h4-7,10-17H,2-3,8-9,18-19H2,1H3. The highest BCUT2D eigenvalue weighted by molar-refractivity contribution is 6.30. The van der Waals surface area contributed by atoms with Gasteiger partial charge in [-0.15, -0.1) is 0 Å². The van der Waals surface area contributed by atoms with Gasteiger partial charge in [0, 0.05) is 17.1 Å². The van der Waals surface area contributed by atoms with Crippen molar-refractivity contribution in [2.75, 3.05) is 13.2 Å². The average molecular weight is 463 g/mol. The molecule has 0 amide bonds. The van der Waals surface area contributed by atoms with E-state index in [1.165, 1.54) is 0 Å². The van der Waals surface area contributed by atoms with E-state index < -0.39 is 0 Å². The molecule has 0 bridgehead atoms. The van der Waals surface area contributed by atoms with Crippen LogP contribution < -0.4 is 15.0 Å². The highest BCUT2D eigenvalue weighted by Crippen LogP contribution is 2.26. The number of para-hydroxylation sites is 3. The Morgan fingerprint density at radius 3 is 2.30 bits per heavy atom. The van der Waals surface area contributed by atoms with E-state index in [4.69, 9.17) is 26.1 Å². The number of rotatable bonds is 10. The van der Waals surface area contributed by atoms with Crippen molar-refractivity contribution in [2.45, 2.75) is 32.7 Å². The first-order valence-electron chi connectivity index (χ1n) is 11.3. The molecule has 0 spiro atoms. The molecule has 5 nitrogen and oxygen atoms in total. The Kier molecular flexibility index (Phi) is 7.63. The summed E-state index contributed by atoms with van der Waals surface area (Å²) in [7, 11) is 0. The van der Waals surface area contributed by atoms with Gasteiger partial charge >= 0.3 is 0 Å². The summed E-state index contributed by atoms with van der Waals surface area (Å²) in [5.41, 5.74) is 1.55. The Hall–Kier alpha value is -3.31. The van der Waals surface area contributed by atoms with Gasteiger partial charge in [-0.3, -0.25) is 9.36 Å². The molecule has 0 saturated carbocycles. The van der Waals surface area contributed by atoms with Crippen molar-refractivity contribution in [1.29, 1.82) is 0 Å². The van der Waals surface area contributed by atoms with Crippen molar-refractivity contribution in [2.24, 2.45) is 0 Å². The molecule has 4 rings (SSSR count). The second-order valence-corrected chi connectivity index (χ2v) is 8.14. The van der Waals surface area contributed by atoms with Crippen LogP contribution in [0, 0.1) is 0 Å². The SMILES string of the molecule is CCOc1ccccc1OCCCCCn1c(-c2ccc(Cl)cc2)nc2ccccc2c1=O. The summed E-state index contributed by atoms with van der Waals surface area (Å²) in [6, 6.07) is 22.6. The molecule has 0 aliphatic heterocycles. The molecule has 0 N–H and O–H groups in total. The van der Waals surface area contributed by atoms with Crippen LogP contribution in [0.4, 0.5) is 0 Å². The van der Waals surface area contributed by atoms with E-state index in [9.17, 15) is 4.79 Å². The number of ether oxygens (including phenoxy) is 2. The molecule has 1 heterocycles. The Labute approximate surface area is 198 Å². The summed E-state index contributed by atoms with van der Waals surface area (Å²) in [5, 5.41) is 1.28. The van der Waals surface area contributed by atoms with E-state index >= 15 is 0 Å². The number of hydrogen-bond donors (Lipinski definition) is 0. The van der Waals surface area contributed by atoms with Crippen LogP contribution in [-0.4, -0.2) is 22.8 Å². The Morgan fingerprint density at radius 2 is 1.55 bits per heavy atom. The maximum atomic E-state index is 13.3. The fourth-order valence-electron chi connectivity index (χ4n) is 3.77. The molecule has 0 unspecified atom stereocenters. The highest BCUT2D eigenvalue weighted by atomic mass is 35.5. The molecule has 33 heavy (non-hydrogen) atoms. The van der Waals surface area contributed by atoms with Crippen LogP contribution >= 0.6 is 11.6 Å². The lowest BCUT2D eigenvalue weighted by atomic mass is 10.1. The molecule has 3 aromatic carbocycles. The zero-order valence-electron chi connectivity index (χ0n) is 18.7. The van der Waals surface area contributed by atoms with Crippen LogP contribution in [0.15, 0.2) is 77.6 Å². The van der Waals surface area contributed by atoms with Crippen molar-refractivity contribution in [3.63, 3.8) is 0 Å². The number of benzene rings is 3. The summed E-state index contributed by atoms with van der Waals surface area (Å²) in [5.74, 6) is 2.19. The molecular weight excluding hydrogens is 436 g/mol. The lowest BCUT2D eigenvalue weighted by molar-refractivity contribution is 0.270. The van der Waals surface area contributed by atoms with Crippen molar-refractivity contribution >= 4 is 22.5 Å². The van der Waals surface area contributed by atoms with Gasteiger partial charge in [0.1, 0.15) is 5.82 Å². The third kappa shape index (κ3) is 5.55. The molecule has 4 aromatic rings. The Morgan fingerprint density at radius 1 is 0.848 bits per heavy atom. The number of hydrogen-bond acceptors (Lipinski definition) is 4. The zero-order chi connectivity index (χ0) is 23.0. The van der Waals surface area contributed by atoms with Gasteiger partial charge in [-0.05, 0) is 74.7 Å². The topological polar surface area (TPSA) is 53.4 Å². The number of aromatic nitrogens is 2. The van der Waals surface area contributed by atoms with E-state index in [1.54, 1.807) is 4.57 Å². The molecule has 1 aromatic heterocycles. The second kappa shape index (κ2) is 11.0. The molecule has 0 radical (unpaired) electrons. The second-order valence-electron chi connectivity index (χ2n) is 7.71. The lowest BCUT2D eigenvalue weighted by Crippen LogP contribution is -2.23. The van der Waals surface area contributed by atoms with E-state index in [0.717, 1.165) is 36.3 Å². The molecule has 0 aliphatic carbocycles. The minimum absolute atomic E-state index is 0.0209. The van der Waals surface area contributed by atoms with E-state index in [-0.39, 0.29) is 5.56 Å². The minimum atomic E-state index is -0.0209. The number of halogens is 1. The van der Waals surface area contributed by atoms with Gasteiger partial charge in [0.25, 0.3) is 5.56 Å². The largest absolute Gasteiger partial charge is 0.490 e. The van der Waals surface area contributed by atoms with E-state index in [0.29, 0.717) is 41.5 Å². The van der Waals surface area contributed by atoms with E-state index in [1.807, 2.05) is 79.7 Å². The van der Waals surface area contributed by atoms with Crippen LogP contribution in [-0.2, 0) is 6.54 Å². The Balaban J connectivity index is 1.44. The normalized spacial score (nSPS) is 11.0. The number of nitrogens with zero attached hydrogens (tertiary/aromatic N) is 2. The quantitative estimate of drug-likeness (QED) is 0.257. The van der Waals surface area contributed by atoms with Gasteiger partial charge in [-0.2, -0.15) is 0 Å². The molecule has 6 heteroatoms. The molecule has 0 saturated heterocycles. The number of unbranched alkanes of at least 4 members (excludes halogenated alkanes) is 2. The number of fused-ring (bicyclic) bond motifs is 1. The van der Waals surface area contributed by atoms with Gasteiger partial charge in [0.15, 0.2) is 11.5 Å². The van der Waals surface area contributed by atoms with Crippen LogP contribution in [0.2, 0.25) is 5.02 Å². The van der Waals surface area contributed by atoms with Crippen molar-refractivity contribution in [3.05, 3.63) is 88.2 Å². The lowest BCUT2D eigenvalue weighted by Gasteiger charge is -2.14. The predicted molar refractivity (Wildman–Crippen MR) is 133 cm³/mol. The zero-order valence-corrected chi connectivity index (χ0v) is 19.4. The maximum absolute atomic E-state index is 13.3. The first-order valence-corrected chi connectivity index (χ1v) is 11.7. The van der Waals surface area contributed by atoms with Crippen molar-refractivity contribution < 1.29 is 9.47 Å². The molecule has 0 aliphatic rings. The molecule has 0 atom stereocenters.